The molecule has 0 spiro atoms. The van der Waals surface area contributed by atoms with Gasteiger partial charge in [0.15, 0.2) is 0 Å². The molecule has 0 aromatic carbocycles. The molecule has 0 aromatic rings. The maximum atomic E-state index is 5.54. The lowest BCUT2D eigenvalue weighted by atomic mass is 10.0. The van der Waals surface area contributed by atoms with Crippen LogP contribution in [0.1, 0.15) is 52.9 Å². The molecular formula is C12H27NS. The second kappa shape index (κ2) is 9.85. The lowest BCUT2D eigenvalue weighted by molar-refractivity contribution is 0.499. The van der Waals surface area contributed by atoms with Gasteiger partial charge in [0.2, 0.25) is 0 Å². The molecule has 0 aromatic heterocycles. The molecule has 2 heteroatoms. The molecule has 2 atom stereocenters. The summed E-state index contributed by atoms with van der Waals surface area (Å²) >= 11 is 2.10. The van der Waals surface area contributed by atoms with Crippen molar-refractivity contribution in [3.05, 3.63) is 0 Å². The van der Waals surface area contributed by atoms with Crippen molar-refractivity contribution >= 4 is 11.8 Å². The van der Waals surface area contributed by atoms with Crippen molar-refractivity contribution in [2.45, 2.75) is 58.1 Å². The van der Waals surface area contributed by atoms with Crippen LogP contribution >= 0.6 is 11.8 Å². The Kier molecular flexibility index (Phi) is 10.1. The molecule has 0 aliphatic heterocycles. The van der Waals surface area contributed by atoms with E-state index >= 15 is 0 Å². The second-order valence-corrected chi connectivity index (χ2v) is 5.61. The molecule has 0 radical (unpaired) electrons. The molecule has 0 amide bonds. The Morgan fingerprint density at radius 2 is 1.93 bits per heavy atom. The average Bonchev–Trinajstić information content (AvgIpc) is 2.19. The first-order valence-corrected chi connectivity index (χ1v) is 7.11. The summed E-state index contributed by atoms with van der Waals surface area (Å²) in [7, 11) is 0. The molecule has 0 saturated carbocycles. The van der Waals surface area contributed by atoms with E-state index < -0.39 is 0 Å². The van der Waals surface area contributed by atoms with Crippen molar-refractivity contribution in [3.63, 3.8) is 0 Å². The van der Waals surface area contributed by atoms with Gasteiger partial charge in [-0.25, -0.2) is 0 Å². The van der Waals surface area contributed by atoms with Gasteiger partial charge >= 0.3 is 0 Å². The van der Waals surface area contributed by atoms with Gasteiger partial charge in [0.05, 0.1) is 0 Å². The third-order valence-corrected chi connectivity index (χ3v) is 4.20. The Bertz CT molecular complexity index is 117. The molecule has 0 rings (SSSR count). The molecule has 0 bridgehead atoms. The standard InChI is InChI=1S/C12H27NS/c1-4-6-7-12(5-2)10-14-11(3)8-9-13/h11-12H,4-10,13H2,1-3H3. The molecule has 14 heavy (non-hydrogen) atoms. The van der Waals surface area contributed by atoms with Crippen LogP contribution in [-0.2, 0) is 0 Å². The highest BCUT2D eigenvalue weighted by atomic mass is 32.2. The summed E-state index contributed by atoms with van der Waals surface area (Å²) in [6.07, 6.45) is 6.64. The third-order valence-electron chi connectivity index (χ3n) is 2.73. The Morgan fingerprint density at radius 3 is 2.43 bits per heavy atom. The Balaban J connectivity index is 3.50. The third kappa shape index (κ3) is 7.69. The van der Waals surface area contributed by atoms with Crippen LogP contribution in [0.3, 0.4) is 0 Å². The molecule has 0 heterocycles. The molecule has 86 valence electrons. The molecule has 1 nitrogen and oxygen atoms in total. The van der Waals surface area contributed by atoms with E-state index in [1.807, 2.05) is 0 Å². The lowest BCUT2D eigenvalue weighted by Crippen LogP contribution is -2.10. The maximum absolute atomic E-state index is 5.54. The SMILES string of the molecule is CCCCC(CC)CSC(C)CCN. The van der Waals surface area contributed by atoms with Gasteiger partial charge in [-0.05, 0) is 31.1 Å². The second-order valence-electron chi connectivity index (χ2n) is 4.14. The number of thioether (sulfide) groups is 1. The molecule has 0 saturated heterocycles. The van der Waals surface area contributed by atoms with Gasteiger partial charge in [0, 0.05) is 5.25 Å². The zero-order valence-corrected chi connectivity index (χ0v) is 10.9. The minimum absolute atomic E-state index is 0.746. The zero-order chi connectivity index (χ0) is 10.8. The molecule has 0 aliphatic carbocycles. The summed E-state index contributed by atoms with van der Waals surface area (Å²) in [4.78, 5) is 0. The Morgan fingerprint density at radius 1 is 1.21 bits per heavy atom. The van der Waals surface area contributed by atoms with Gasteiger partial charge in [-0.2, -0.15) is 11.8 Å². The normalized spacial score (nSPS) is 15.4. The first-order chi connectivity index (χ1) is 6.74. The molecule has 2 unspecified atom stereocenters. The monoisotopic (exact) mass is 217 g/mol. The van der Waals surface area contributed by atoms with Crippen LogP contribution in [0.15, 0.2) is 0 Å². The van der Waals surface area contributed by atoms with E-state index in [1.54, 1.807) is 0 Å². The topological polar surface area (TPSA) is 26.0 Å². The van der Waals surface area contributed by atoms with Gasteiger partial charge < -0.3 is 5.73 Å². The molecule has 0 aliphatic rings. The number of hydrogen-bond donors (Lipinski definition) is 1. The van der Waals surface area contributed by atoms with E-state index in [0.717, 1.165) is 24.1 Å². The van der Waals surface area contributed by atoms with Crippen LogP contribution in [0.2, 0.25) is 0 Å². The van der Waals surface area contributed by atoms with Gasteiger partial charge in [0.1, 0.15) is 0 Å². The summed E-state index contributed by atoms with van der Waals surface area (Å²) in [5, 5.41) is 0.746. The summed E-state index contributed by atoms with van der Waals surface area (Å²) in [5.41, 5.74) is 5.54. The van der Waals surface area contributed by atoms with E-state index in [1.165, 1.54) is 31.4 Å². The van der Waals surface area contributed by atoms with Gasteiger partial charge in [-0.3, -0.25) is 0 Å². The highest BCUT2D eigenvalue weighted by molar-refractivity contribution is 7.99. The van der Waals surface area contributed by atoms with Crippen LogP contribution in [0, 0.1) is 5.92 Å². The predicted molar refractivity (Wildman–Crippen MR) is 68.9 cm³/mol. The number of rotatable bonds is 9. The maximum Gasteiger partial charge on any atom is 0.00308 e. The zero-order valence-electron chi connectivity index (χ0n) is 10.1. The molecular weight excluding hydrogens is 190 g/mol. The summed E-state index contributed by atoms with van der Waals surface area (Å²) in [6, 6.07) is 0. The van der Waals surface area contributed by atoms with Crippen molar-refractivity contribution < 1.29 is 0 Å². The van der Waals surface area contributed by atoms with Crippen molar-refractivity contribution in [2.24, 2.45) is 11.7 Å². The number of unbranched alkanes of at least 4 members (excludes halogenated alkanes) is 1. The van der Waals surface area contributed by atoms with Crippen LogP contribution in [0.4, 0.5) is 0 Å². The first-order valence-electron chi connectivity index (χ1n) is 6.06. The minimum Gasteiger partial charge on any atom is -0.330 e. The van der Waals surface area contributed by atoms with Crippen LogP contribution in [0.5, 0.6) is 0 Å². The fourth-order valence-corrected chi connectivity index (χ4v) is 2.82. The van der Waals surface area contributed by atoms with E-state index in [0.29, 0.717) is 0 Å². The Hall–Kier alpha value is 0.310. The summed E-state index contributed by atoms with van der Waals surface area (Å²) in [5.74, 6) is 2.26. The molecule has 0 fully saturated rings. The summed E-state index contributed by atoms with van der Waals surface area (Å²) < 4.78 is 0. The van der Waals surface area contributed by atoms with Gasteiger partial charge in [-0.1, -0.05) is 40.0 Å². The van der Waals surface area contributed by atoms with E-state index in [-0.39, 0.29) is 0 Å². The highest BCUT2D eigenvalue weighted by Crippen LogP contribution is 2.22. The fraction of sp³-hybridized carbons (Fsp3) is 1.00. The smallest absolute Gasteiger partial charge is 0.00308 e. The Labute approximate surface area is 94.2 Å². The largest absolute Gasteiger partial charge is 0.330 e. The number of hydrogen-bond acceptors (Lipinski definition) is 2. The van der Waals surface area contributed by atoms with Crippen LogP contribution in [0.25, 0.3) is 0 Å². The highest BCUT2D eigenvalue weighted by Gasteiger charge is 2.08. The minimum atomic E-state index is 0.746. The van der Waals surface area contributed by atoms with Crippen molar-refractivity contribution in [2.75, 3.05) is 12.3 Å². The number of nitrogens with two attached hydrogens (primary N) is 1. The van der Waals surface area contributed by atoms with E-state index in [9.17, 15) is 0 Å². The first kappa shape index (κ1) is 14.3. The molecule has 2 N–H and O–H groups in total. The van der Waals surface area contributed by atoms with E-state index in [2.05, 4.69) is 32.5 Å². The predicted octanol–water partition coefficient (Wildman–Crippen LogP) is 3.67. The van der Waals surface area contributed by atoms with Crippen molar-refractivity contribution in [1.29, 1.82) is 0 Å². The van der Waals surface area contributed by atoms with Gasteiger partial charge in [-0.15, -0.1) is 0 Å². The fourth-order valence-electron chi connectivity index (χ4n) is 1.52. The summed E-state index contributed by atoms with van der Waals surface area (Å²) in [6.45, 7) is 7.72. The average molecular weight is 217 g/mol. The lowest BCUT2D eigenvalue weighted by Gasteiger charge is -2.16. The van der Waals surface area contributed by atoms with Crippen LogP contribution < -0.4 is 5.73 Å². The quantitative estimate of drug-likeness (QED) is 0.637. The van der Waals surface area contributed by atoms with Crippen molar-refractivity contribution in [1.82, 2.24) is 0 Å². The van der Waals surface area contributed by atoms with Gasteiger partial charge in [0.25, 0.3) is 0 Å². The van der Waals surface area contributed by atoms with E-state index in [4.69, 9.17) is 5.73 Å². The van der Waals surface area contributed by atoms with Crippen LogP contribution in [-0.4, -0.2) is 17.5 Å². The van der Waals surface area contributed by atoms with Crippen molar-refractivity contribution in [3.8, 4) is 0 Å².